The molecule has 1 amide bonds. The Morgan fingerprint density at radius 1 is 0.900 bits per heavy atom. The van der Waals surface area contributed by atoms with E-state index in [-0.39, 0.29) is 12.5 Å². The molecule has 0 bridgehead atoms. The summed E-state index contributed by atoms with van der Waals surface area (Å²) in [5.74, 6) is 1.91. The Morgan fingerprint density at radius 2 is 1.57 bits per heavy atom. The van der Waals surface area contributed by atoms with Crippen LogP contribution in [0.15, 0.2) is 88.7 Å². The molecule has 0 unspecified atom stereocenters. The molecule has 0 aliphatic rings. The maximum Gasteiger partial charge on any atom is 0.264 e. The number of nitrogens with zero attached hydrogens (tertiary/aromatic N) is 1. The van der Waals surface area contributed by atoms with E-state index in [1.165, 1.54) is 11.3 Å². The molecule has 0 atom stereocenters. The van der Waals surface area contributed by atoms with Crippen LogP contribution in [0.25, 0.3) is 11.3 Å². The minimum absolute atomic E-state index is 0.0813. The Labute approximate surface area is 186 Å². The Kier molecular flexibility index (Phi) is 6.41. The summed E-state index contributed by atoms with van der Waals surface area (Å²) in [4.78, 5) is 16.6. The fourth-order valence-corrected chi connectivity index (χ4v) is 3.62. The van der Waals surface area contributed by atoms with E-state index in [2.05, 4.69) is 26.2 Å². The number of anilines is 1. The molecule has 3 aromatic carbocycles. The summed E-state index contributed by atoms with van der Waals surface area (Å²) in [6, 6.07) is 24.6. The van der Waals surface area contributed by atoms with Crippen LogP contribution in [0.1, 0.15) is 0 Å². The molecule has 30 heavy (non-hydrogen) atoms. The van der Waals surface area contributed by atoms with Crippen molar-refractivity contribution < 1.29 is 14.3 Å². The first-order chi connectivity index (χ1) is 14.7. The number of thiazole rings is 1. The van der Waals surface area contributed by atoms with Crippen LogP contribution in [0.2, 0.25) is 0 Å². The number of amides is 1. The average Bonchev–Trinajstić information content (AvgIpc) is 3.23. The van der Waals surface area contributed by atoms with Crippen molar-refractivity contribution in [1.29, 1.82) is 0 Å². The predicted octanol–water partition coefficient (Wildman–Crippen LogP) is 6.38. The van der Waals surface area contributed by atoms with Crippen LogP contribution in [0.5, 0.6) is 17.2 Å². The molecule has 0 aliphatic carbocycles. The number of para-hydroxylation sites is 1. The number of ether oxygens (including phenoxy) is 2. The highest BCUT2D eigenvalue weighted by Gasteiger charge is 2.09. The van der Waals surface area contributed by atoms with Gasteiger partial charge in [-0.2, -0.15) is 0 Å². The highest BCUT2D eigenvalue weighted by atomic mass is 79.9. The molecule has 1 aromatic heterocycles. The number of aromatic nitrogens is 1. The summed E-state index contributed by atoms with van der Waals surface area (Å²) in [6.45, 7) is -0.0813. The lowest BCUT2D eigenvalue weighted by Gasteiger charge is -2.06. The number of benzene rings is 3. The molecule has 4 aromatic rings. The Balaban J connectivity index is 1.33. The second-order valence-electron chi connectivity index (χ2n) is 6.27. The average molecular weight is 481 g/mol. The van der Waals surface area contributed by atoms with Crippen molar-refractivity contribution in [3.05, 3.63) is 88.7 Å². The molecule has 0 saturated carbocycles. The molecular weight excluding hydrogens is 464 g/mol. The van der Waals surface area contributed by atoms with Crippen molar-refractivity contribution in [2.75, 3.05) is 11.9 Å². The van der Waals surface area contributed by atoms with Gasteiger partial charge in [0.25, 0.3) is 5.91 Å². The Morgan fingerprint density at radius 3 is 2.30 bits per heavy atom. The van der Waals surface area contributed by atoms with Gasteiger partial charge in [-0.25, -0.2) is 4.98 Å². The first-order valence-corrected chi connectivity index (χ1v) is 10.8. The van der Waals surface area contributed by atoms with Gasteiger partial charge in [0, 0.05) is 15.4 Å². The van der Waals surface area contributed by atoms with Crippen LogP contribution >= 0.6 is 27.3 Å². The normalized spacial score (nSPS) is 10.4. The lowest BCUT2D eigenvalue weighted by atomic mass is 10.2. The molecular formula is C23H17BrN2O3S. The van der Waals surface area contributed by atoms with E-state index >= 15 is 0 Å². The van der Waals surface area contributed by atoms with E-state index in [1.54, 1.807) is 12.1 Å². The summed E-state index contributed by atoms with van der Waals surface area (Å²) in [5, 5.41) is 5.20. The van der Waals surface area contributed by atoms with Crippen LogP contribution in [0.4, 0.5) is 5.13 Å². The zero-order valence-corrected chi connectivity index (χ0v) is 18.2. The lowest BCUT2D eigenvalue weighted by Crippen LogP contribution is -2.20. The third kappa shape index (κ3) is 5.46. The topological polar surface area (TPSA) is 60.5 Å². The van der Waals surface area contributed by atoms with Crippen molar-refractivity contribution >= 4 is 38.3 Å². The third-order valence-corrected chi connectivity index (χ3v) is 5.35. The van der Waals surface area contributed by atoms with Crippen LogP contribution < -0.4 is 14.8 Å². The molecule has 0 aliphatic heterocycles. The summed E-state index contributed by atoms with van der Waals surface area (Å²) < 4.78 is 12.2. The van der Waals surface area contributed by atoms with Gasteiger partial charge in [0.1, 0.15) is 17.2 Å². The maximum absolute atomic E-state index is 12.1. The van der Waals surface area contributed by atoms with Crippen molar-refractivity contribution in [2.45, 2.75) is 0 Å². The number of hydrogen-bond acceptors (Lipinski definition) is 5. The SMILES string of the molecule is O=C(COc1ccc(Br)cc1)Nc1nc(-c2ccc(Oc3ccccc3)cc2)cs1. The molecule has 0 radical (unpaired) electrons. The van der Waals surface area contributed by atoms with Crippen LogP contribution in [0, 0.1) is 0 Å². The largest absolute Gasteiger partial charge is 0.484 e. The van der Waals surface area contributed by atoms with Gasteiger partial charge in [0.15, 0.2) is 11.7 Å². The molecule has 5 nitrogen and oxygen atoms in total. The van der Waals surface area contributed by atoms with E-state index < -0.39 is 0 Å². The molecule has 7 heteroatoms. The zero-order valence-electron chi connectivity index (χ0n) is 15.7. The summed E-state index contributed by atoms with van der Waals surface area (Å²) >= 11 is 4.73. The molecule has 0 saturated heterocycles. The van der Waals surface area contributed by atoms with Gasteiger partial charge < -0.3 is 9.47 Å². The Bertz CT molecular complexity index is 1110. The summed E-state index contributed by atoms with van der Waals surface area (Å²) in [6.07, 6.45) is 0. The summed E-state index contributed by atoms with van der Waals surface area (Å²) in [5.41, 5.74) is 1.73. The number of nitrogens with one attached hydrogen (secondary N) is 1. The van der Waals surface area contributed by atoms with Gasteiger partial charge in [-0.15, -0.1) is 11.3 Å². The number of rotatable bonds is 7. The molecule has 1 N–H and O–H groups in total. The second kappa shape index (κ2) is 9.56. The number of carbonyl (C=O) groups is 1. The smallest absolute Gasteiger partial charge is 0.264 e. The quantitative estimate of drug-likeness (QED) is 0.333. The van der Waals surface area contributed by atoms with E-state index in [1.807, 2.05) is 72.1 Å². The highest BCUT2D eigenvalue weighted by Crippen LogP contribution is 2.28. The summed E-state index contributed by atoms with van der Waals surface area (Å²) in [7, 11) is 0. The second-order valence-corrected chi connectivity index (χ2v) is 8.04. The predicted molar refractivity (Wildman–Crippen MR) is 122 cm³/mol. The number of carbonyl (C=O) groups excluding carboxylic acids is 1. The lowest BCUT2D eigenvalue weighted by molar-refractivity contribution is -0.118. The number of halogens is 1. The Hall–Kier alpha value is -3.16. The fraction of sp³-hybridized carbons (Fsp3) is 0.0435. The van der Waals surface area contributed by atoms with Crippen LogP contribution in [0.3, 0.4) is 0 Å². The minimum Gasteiger partial charge on any atom is -0.484 e. The van der Waals surface area contributed by atoms with Gasteiger partial charge in [-0.1, -0.05) is 34.1 Å². The van der Waals surface area contributed by atoms with Crippen molar-refractivity contribution in [3.8, 4) is 28.5 Å². The van der Waals surface area contributed by atoms with Gasteiger partial charge in [0.2, 0.25) is 0 Å². The van der Waals surface area contributed by atoms with E-state index in [0.29, 0.717) is 10.9 Å². The molecule has 150 valence electrons. The first kappa shape index (κ1) is 20.1. The highest BCUT2D eigenvalue weighted by molar-refractivity contribution is 9.10. The van der Waals surface area contributed by atoms with Crippen LogP contribution in [-0.4, -0.2) is 17.5 Å². The van der Waals surface area contributed by atoms with E-state index in [4.69, 9.17) is 9.47 Å². The molecule has 4 rings (SSSR count). The van der Waals surface area contributed by atoms with Gasteiger partial charge in [0.05, 0.1) is 5.69 Å². The van der Waals surface area contributed by atoms with Crippen molar-refractivity contribution in [2.24, 2.45) is 0 Å². The van der Waals surface area contributed by atoms with Gasteiger partial charge >= 0.3 is 0 Å². The molecule has 0 spiro atoms. The molecule has 1 heterocycles. The fourth-order valence-electron chi connectivity index (χ4n) is 2.62. The molecule has 0 fully saturated rings. The minimum atomic E-state index is -0.259. The maximum atomic E-state index is 12.1. The number of hydrogen-bond donors (Lipinski definition) is 1. The van der Waals surface area contributed by atoms with Gasteiger partial charge in [-0.3, -0.25) is 10.1 Å². The third-order valence-electron chi connectivity index (χ3n) is 4.06. The zero-order chi connectivity index (χ0) is 20.8. The van der Waals surface area contributed by atoms with Crippen LogP contribution in [-0.2, 0) is 4.79 Å². The van der Waals surface area contributed by atoms with E-state index in [9.17, 15) is 4.79 Å². The first-order valence-electron chi connectivity index (χ1n) is 9.13. The monoisotopic (exact) mass is 480 g/mol. The standard InChI is InChI=1S/C23H17BrN2O3S/c24-17-8-12-18(13-9-17)28-14-22(27)26-23-25-21(15-30-23)16-6-10-20(11-7-16)29-19-4-2-1-3-5-19/h1-13,15H,14H2,(H,25,26,27). The van der Waals surface area contributed by atoms with Gasteiger partial charge in [-0.05, 0) is 60.7 Å². The van der Waals surface area contributed by atoms with Crippen molar-refractivity contribution in [3.63, 3.8) is 0 Å². The van der Waals surface area contributed by atoms with E-state index in [0.717, 1.165) is 27.2 Å². The van der Waals surface area contributed by atoms with Crippen molar-refractivity contribution in [1.82, 2.24) is 4.98 Å².